The molecule has 0 amide bonds. The summed E-state index contributed by atoms with van der Waals surface area (Å²) >= 11 is 0.750. The first-order valence-electron chi connectivity index (χ1n) is 0.204. The molecule has 0 bridgehead atoms. The molecule has 0 aromatic rings. The van der Waals surface area contributed by atoms with Gasteiger partial charge in [-0.2, -0.15) is 0 Å². The van der Waals surface area contributed by atoms with Gasteiger partial charge in [0.2, 0.25) is 0 Å². The molecule has 1 nitrogen and oxygen atoms in total. The number of hydrogen-bond donors (Lipinski definition) is 0. The zero-order valence-electron chi connectivity index (χ0n) is 5.36. The maximum atomic E-state index is 8.25. The van der Waals surface area contributed by atoms with Crippen molar-refractivity contribution >= 4 is 0 Å². The van der Waals surface area contributed by atoms with Crippen LogP contribution in [0.3, 0.4) is 0 Å². The van der Waals surface area contributed by atoms with Crippen LogP contribution < -0.4 is 48.4 Å². The van der Waals surface area contributed by atoms with E-state index in [0.29, 0.717) is 0 Å². The molecule has 0 atom stereocenters. The third kappa shape index (κ3) is 19.8. The van der Waals surface area contributed by atoms with Crippen LogP contribution >= 0.6 is 0 Å². The van der Waals surface area contributed by atoms with Gasteiger partial charge in [-0.3, -0.25) is 0 Å². The minimum atomic E-state index is 0. The molecule has 0 aliphatic heterocycles. The Balaban J connectivity index is -0.000000000500. The normalized spacial score (nSPS) is 0.600. The van der Waals surface area contributed by atoms with Crippen molar-refractivity contribution in [1.29, 1.82) is 0 Å². The first kappa shape index (κ1) is 24.8. The van der Waals surface area contributed by atoms with Gasteiger partial charge in [-0.1, -0.05) is 0 Å². The van der Waals surface area contributed by atoms with Gasteiger partial charge in [0, 0.05) is 22.4 Å². The molecule has 0 N–H and O–H groups in total. The molecule has 0 rings (SSSR count). The van der Waals surface area contributed by atoms with Gasteiger partial charge in [-0.05, 0) is 0 Å². The SMILES string of the molecule is [H-].[H-].[Li+].[Na+].[Nb].[O]=[Ti]. The predicted molar refractivity (Wildman–Crippen MR) is 2.91 cm³/mol. The van der Waals surface area contributed by atoms with Crippen molar-refractivity contribution in [3.63, 3.8) is 0 Å². The summed E-state index contributed by atoms with van der Waals surface area (Å²) in [6.07, 6.45) is 0. The summed E-state index contributed by atoms with van der Waals surface area (Å²) < 4.78 is 8.25. The Morgan fingerprint density at radius 1 is 1.40 bits per heavy atom. The number of hydrogen-bond acceptors (Lipinski definition) is 1. The summed E-state index contributed by atoms with van der Waals surface area (Å²) in [4.78, 5) is 0. The van der Waals surface area contributed by atoms with Crippen LogP contribution in [0.5, 0.6) is 0 Å². The Morgan fingerprint density at radius 2 is 1.40 bits per heavy atom. The van der Waals surface area contributed by atoms with Crippen LogP contribution in [-0.2, 0) is 46.1 Å². The molecule has 1 radical (unpaired) electrons. The monoisotopic (exact) mass is 189 g/mol. The van der Waals surface area contributed by atoms with Crippen LogP contribution in [0.1, 0.15) is 2.85 Å². The van der Waals surface area contributed by atoms with Crippen molar-refractivity contribution in [2.24, 2.45) is 0 Å². The quantitative estimate of drug-likeness (QED) is 0.346. The molecule has 5 heteroatoms. The van der Waals surface area contributed by atoms with Gasteiger partial charge in [0.15, 0.2) is 0 Å². The van der Waals surface area contributed by atoms with E-state index in [1.807, 2.05) is 0 Å². The van der Waals surface area contributed by atoms with Crippen LogP contribution in [0.2, 0.25) is 0 Å². The topological polar surface area (TPSA) is 17.1 Å². The molecule has 19 valence electrons. The predicted octanol–water partition coefficient (Wildman–Crippen LogP) is -5.89. The van der Waals surface area contributed by atoms with E-state index in [4.69, 9.17) is 3.32 Å². The molecule has 0 aliphatic carbocycles. The van der Waals surface area contributed by atoms with Gasteiger partial charge >= 0.3 is 72.1 Å². The van der Waals surface area contributed by atoms with E-state index in [1.54, 1.807) is 0 Å². The first-order valence-corrected chi connectivity index (χ1v) is 0.842. The van der Waals surface area contributed by atoms with E-state index in [2.05, 4.69) is 0 Å². The number of rotatable bonds is 0. The third-order valence-electron chi connectivity index (χ3n) is 0. The molecule has 0 aromatic carbocycles. The summed E-state index contributed by atoms with van der Waals surface area (Å²) in [5, 5.41) is 0. The van der Waals surface area contributed by atoms with Crippen molar-refractivity contribution < 1.29 is 97.4 Å². The van der Waals surface area contributed by atoms with Crippen LogP contribution in [0.15, 0.2) is 0 Å². The maximum absolute atomic E-state index is 8.25. The van der Waals surface area contributed by atoms with E-state index >= 15 is 0 Å². The van der Waals surface area contributed by atoms with Crippen molar-refractivity contribution in [1.82, 2.24) is 0 Å². The molecule has 0 unspecified atom stereocenters. The van der Waals surface area contributed by atoms with Crippen LogP contribution in [0.4, 0.5) is 0 Å². The van der Waals surface area contributed by atoms with Crippen molar-refractivity contribution in [3.05, 3.63) is 0 Å². The summed E-state index contributed by atoms with van der Waals surface area (Å²) in [7, 11) is 0. The van der Waals surface area contributed by atoms with Gasteiger partial charge in [0.1, 0.15) is 0 Å². The zero-order chi connectivity index (χ0) is 2.00. The summed E-state index contributed by atoms with van der Waals surface area (Å²) in [6.45, 7) is 0. The van der Waals surface area contributed by atoms with Gasteiger partial charge < -0.3 is 2.85 Å². The Kier molecular flexibility index (Phi) is 143. The van der Waals surface area contributed by atoms with Gasteiger partial charge in [-0.25, -0.2) is 0 Å². The Bertz CT molecular complexity index is 17.7. The molecular formula is H2LiNaNbOTi. The second-order valence-corrected chi connectivity index (χ2v) is 0. The average molecular weight is 189 g/mol. The minimum absolute atomic E-state index is 0. The van der Waals surface area contributed by atoms with Gasteiger partial charge in [0.25, 0.3) is 0 Å². The Morgan fingerprint density at radius 3 is 1.40 bits per heavy atom. The van der Waals surface area contributed by atoms with E-state index in [0.717, 1.165) is 20.4 Å². The fourth-order valence-electron chi connectivity index (χ4n) is 0. The fourth-order valence-corrected chi connectivity index (χ4v) is 0. The standard InChI is InChI=1S/Li.Na.Nb.O.Ti.2H/q2*+1;;;;2*-1. The molecule has 5 heavy (non-hydrogen) atoms. The second kappa shape index (κ2) is 28.8. The Hall–Kier alpha value is 2.85. The van der Waals surface area contributed by atoms with Crippen molar-refractivity contribution in [2.45, 2.75) is 0 Å². The van der Waals surface area contributed by atoms with Gasteiger partial charge in [0.05, 0.1) is 0 Å². The molecule has 0 saturated heterocycles. The van der Waals surface area contributed by atoms with E-state index in [1.165, 1.54) is 0 Å². The zero-order valence-corrected chi connectivity index (χ0v) is 9.12. The second-order valence-electron chi connectivity index (χ2n) is 0. The fraction of sp³-hybridized carbons (Fsp3) is 0. The van der Waals surface area contributed by atoms with Crippen molar-refractivity contribution in [3.8, 4) is 0 Å². The first-order chi connectivity index (χ1) is 1.00. The molecule has 0 aliphatic rings. The summed E-state index contributed by atoms with van der Waals surface area (Å²) in [6, 6.07) is 0. The summed E-state index contributed by atoms with van der Waals surface area (Å²) in [5.41, 5.74) is 0. The van der Waals surface area contributed by atoms with Crippen molar-refractivity contribution in [2.75, 3.05) is 0 Å². The van der Waals surface area contributed by atoms with E-state index < -0.39 is 0 Å². The van der Waals surface area contributed by atoms with Crippen LogP contribution in [-0.4, -0.2) is 0 Å². The van der Waals surface area contributed by atoms with Gasteiger partial charge in [-0.15, -0.1) is 0 Å². The third-order valence-corrected chi connectivity index (χ3v) is 0. The van der Waals surface area contributed by atoms with E-state index in [9.17, 15) is 0 Å². The van der Waals surface area contributed by atoms with Crippen LogP contribution in [0.25, 0.3) is 0 Å². The molecule has 0 spiro atoms. The Labute approximate surface area is 95.7 Å². The molecule has 0 saturated carbocycles. The van der Waals surface area contributed by atoms with E-state index in [-0.39, 0.29) is 73.7 Å². The molecule has 0 heterocycles. The summed E-state index contributed by atoms with van der Waals surface area (Å²) in [5.74, 6) is 0. The molecule has 0 aromatic heterocycles. The molecular weight excluding hydrogens is 187 g/mol. The molecule has 0 fully saturated rings. The van der Waals surface area contributed by atoms with Crippen LogP contribution in [0, 0.1) is 0 Å². The average Bonchev–Trinajstić information content (AvgIpc) is 1.00.